The highest BCUT2D eigenvalue weighted by Crippen LogP contribution is 2.31. The molecule has 1 saturated heterocycles. The van der Waals surface area contributed by atoms with Crippen molar-refractivity contribution in [2.24, 2.45) is 0 Å². The lowest BCUT2D eigenvalue weighted by molar-refractivity contribution is 0.118. The van der Waals surface area contributed by atoms with E-state index >= 15 is 0 Å². The average Bonchev–Trinajstić information content (AvgIpc) is 3.03. The van der Waals surface area contributed by atoms with Gasteiger partial charge in [-0.05, 0) is 12.1 Å². The van der Waals surface area contributed by atoms with E-state index in [1.54, 1.807) is 0 Å². The minimum Gasteiger partial charge on any atom is -0.388 e. The van der Waals surface area contributed by atoms with Crippen molar-refractivity contribution in [1.82, 2.24) is 9.78 Å². The lowest BCUT2D eigenvalue weighted by atomic mass is 10.1. The summed E-state index contributed by atoms with van der Waals surface area (Å²) in [7, 11) is 0. The van der Waals surface area contributed by atoms with Gasteiger partial charge < -0.3 is 15.6 Å². The number of anilines is 1. The summed E-state index contributed by atoms with van der Waals surface area (Å²) in [4.78, 5) is 0. The summed E-state index contributed by atoms with van der Waals surface area (Å²) in [6.07, 6.45) is -0.670. The molecule has 108 valence electrons. The van der Waals surface area contributed by atoms with Gasteiger partial charge >= 0.3 is 0 Å². The molecule has 0 amide bonds. The van der Waals surface area contributed by atoms with Crippen LogP contribution in [0.4, 0.5) is 5.82 Å². The van der Waals surface area contributed by atoms with E-state index in [-0.39, 0.29) is 18.5 Å². The summed E-state index contributed by atoms with van der Waals surface area (Å²) in [6, 6.07) is 9.20. The smallest absolute Gasteiger partial charge is 0.140 e. The van der Waals surface area contributed by atoms with Crippen LogP contribution in [0.15, 0.2) is 28.7 Å². The van der Waals surface area contributed by atoms with Gasteiger partial charge in [-0.3, -0.25) is 0 Å². The van der Waals surface area contributed by atoms with Gasteiger partial charge in [-0.2, -0.15) is 10.4 Å². The molecule has 3 N–H and O–H groups in total. The number of nitrogens with two attached hydrogens (primary N) is 1. The Hall–Kier alpha value is -1.88. The number of aliphatic hydroxyl groups excluding tert-OH is 1. The topological polar surface area (TPSA) is 97.1 Å². The Morgan fingerprint density at radius 3 is 2.67 bits per heavy atom. The molecule has 1 aromatic heterocycles. The first-order chi connectivity index (χ1) is 10.1. The molecule has 2 aromatic rings. The maximum Gasteiger partial charge on any atom is 0.140 e. The van der Waals surface area contributed by atoms with E-state index in [1.807, 2.05) is 24.3 Å². The third-order valence-corrected chi connectivity index (χ3v) is 4.04. The molecule has 0 bridgehead atoms. The normalized spacial score (nSPS) is 21.4. The minimum absolute atomic E-state index is 0.249. The molecule has 0 spiro atoms. The number of hydrogen-bond donors (Lipinski definition) is 2. The van der Waals surface area contributed by atoms with Gasteiger partial charge in [0.15, 0.2) is 0 Å². The van der Waals surface area contributed by atoms with Crippen LogP contribution in [0.3, 0.4) is 0 Å². The zero-order chi connectivity index (χ0) is 15.0. The molecule has 7 heteroatoms. The molecule has 2 heterocycles. The Bertz CT molecular complexity index is 705. The van der Waals surface area contributed by atoms with Crippen LogP contribution in [0.2, 0.25) is 0 Å². The quantitative estimate of drug-likeness (QED) is 0.860. The first-order valence-corrected chi connectivity index (χ1v) is 7.21. The van der Waals surface area contributed by atoms with E-state index in [0.29, 0.717) is 17.9 Å². The van der Waals surface area contributed by atoms with Crippen molar-refractivity contribution in [3.8, 4) is 17.3 Å². The number of aromatic nitrogens is 2. The van der Waals surface area contributed by atoms with E-state index in [0.717, 1.165) is 10.0 Å². The number of rotatable bonds is 2. The lowest BCUT2D eigenvalue weighted by Crippen LogP contribution is -2.24. The van der Waals surface area contributed by atoms with Crippen LogP contribution in [-0.4, -0.2) is 34.2 Å². The van der Waals surface area contributed by atoms with Crippen molar-refractivity contribution in [3.05, 3.63) is 34.3 Å². The maximum atomic E-state index is 9.92. The van der Waals surface area contributed by atoms with E-state index in [9.17, 15) is 10.4 Å². The third-order valence-electron chi connectivity index (χ3n) is 3.51. The molecule has 3 rings (SSSR count). The van der Waals surface area contributed by atoms with Crippen molar-refractivity contribution in [3.63, 3.8) is 0 Å². The van der Waals surface area contributed by atoms with E-state index in [4.69, 9.17) is 10.5 Å². The van der Waals surface area contributed by atoms with Crippen molar-refractivity contribution in [2.45, 2.75) is 12.1 Å². The molecule has 21 heavy (non-hydrogen) atoms. The molecule has 1 aliphatic rings. The maximum absolute atomic E-state index is 9.92. The molecular formula is C14H13BrN4O2. The van der Waals surface area contributed by atoms with Crippen LogP contribution < -0.4 is 5.73 Å². The Kier molecular flexibility index (Phi) is 3.68. The first kappa shape index (κ1) is 14.1. The summed E-state index contributed by atoms with van der Waals surface area (Å²) in [5.41, 5.74) is 7.66. The van der Waals surface area contributed by atoms with E-state index in [2.05, 4.69) is 27.1 Å². The second-order valence-corrected chi connectivity index (χ2v) is 5.76. The predicted molar refractivity (Wildman–Crippen MR) is 80.4 cm³/mol. The number of nitrogens with zero attached hydrogens (tertiary/aromatic N) is 3. The number of halogens is 1. The van der Waals surface area contributed by atoms with Gasteiger partial charge in [-0.1, -0.05) is 28.1 Å². The number of ether oxygens (including phenoxy) is 1. The molecule has 1 aromatic carbocycles. The number of nitriles is 1. The largest absolute Gasteiger partial charge is 0.388 e. The van der Waals surface area contributed by atoms with Gasteiger partial charge in [-0.15, -0.1) is 0 Å². The van der Waals surface area contributed by atoms with Crippen LogP contribution in [0.1, 0.15) is 11.6 Å². The Balaban J connectivity index is 2.09. The Labute approximate surface area is 129 Å². The molecule has 1 fully saturated rings. The number of aliphatic hydroxyl groups is 1. The van der Waals surface area contributed by atoms with Crippen LogP contribution in [-0.2, 0) is 4.74 Å². The second kappa shape index (κ2) is 5.48. The number of benzene rings is 1. The molecule has 0 aliphatic carbocycles. The molecule has 0 saturated carbocycles. The molecule has 1 aliphatic heterocycles. The summed E-state index contributed by atoms with van der Waals surface area (Å²) in [6.45, 7) is 0.581. The van der Waals surface area contributed by atoms with Crippen molar-refractivity contribution in [2.75, 3.05) is 18.9 Å². The van der Waals surface area contributed by atoms with Gasteiger partial charge in [0.25, 0.3) is 0 Å². The molecule has 0 radical (unpaired) electrons. The fourth-order valence-electron chi connectivity index (χ4n) is 2.39. The van der Waals surface area contributed by atoms with Crippen LogP contribution >= 0.6 is 15.9 Å². The van der Waals surface area contributed by atoms with Crippen LogP contribution in [0.25, 0.3) is 11.3 Å². The molecule has 2 atom stereocenters. The Morgan fingerprint density at radius 2 is 2.10 bits per heavy atom. The minimum atomic E-state index is -0.670. The summed E-state index contributed by atoms with van der Waals surface area (Å²) >= 11 is 3.37. The van der Waals surface area contributed by atoms with Gasteiger partial charge in [0, 0.05) is 10.0 Å². The van der Waals surface area contributed by atoms with Crippen LogP contribution in [0, 0.1) is 11.3 Å². The van der Waals surface area contributed by atoms with Crippen LogP contribution in [0.5, 0.6) is 0 Å². The summed E-state index contributed by atoms with van der Waals surface area (Å²) < 4.78 is 7.66. The predicted octanol–water partition coefficient (Wildman–Crippen LogP) is 1.70. The third kappa shape index (κ3) is 2.42. The highest BCUT2D eigenvalue weighted by molar-refractivity contribution is 9.10. The van der Waals surface area contributed by atoms with E-state index < -0.39 is 6.10 Å². The highest BCUT2D eigenvalue weighted by atomic mass is 79.9. The van der Waals surface area contributed by atoms with Gasteiger partial charge in [0.05, 0.1) is 13.2 Å². The van der Waals surface area contributed by atoms with Gasteiger partial charge in [0.2, 0.25) is 0 Å². The Morgan fingerprint density at radius 1 is 1.38 bits per heavy atom. The van der Waals surface area contributed by atoms with E-state index in [1.165, 1.54) is 4.68 Å². The standard InChI is InChI=1S/C14H13BrN4O2/c15-9-3-1-8(2-4-9)13-10(5-16)14(17)19(18-13)11-6-21-7-12(11)20/h1-4,11-12,20H,6-7,17H2/t11-,12-/m0/s1. The van der Waals surface area contributed by atoms with Gasteiger partial charge in [-0.25, -0.2) is 4.68 Å². The summed E-state index contributed by atoms with van der Waals surface area (Å²) in [5, 5.41) is 23.7. The average molecular weight is 349 g/mol. The van der Waals surface area contributed by atoms with Crippen molar-refractivity contribution in [1.29, 1.82) is 5.26 Å². The molecule has 6 nitrogen and oxygen atoms in total. The van der Waals surface area contributed by atoms with Gasteiger partial charge in [0.1, 0.15) is 35.3 Å². The highest BCUT2D eigenvalue weighted by Gasteiger charge is 2.32. The second-order valence-electron chi connectivity index (χ2n) is 4.84. The van der Waals surface area contributed by atoms with Crippen molar-refractivity contribution < 1.29 is 9.84 Å². The fourth-order valence-corrected chi connectivity index (χ4v) is 2.65. The lowest BCUT2D eigenvalue weighted by Gasteiger charge is -2.14. The monoisotopic (exact) mass is 348 g/mol. The number of nitrogen functional groups attached to an aromatic ring is 1. The zero-order valence-electron chi connectivity index (χ0n) is 11.0. The number of hydrogen-bond acceptors (Lipinski definition) is 5. The molecular weight excluding hydrogens is 336 g/mol. The zero-order valence-corrected chi connectivity index (χ0v) is 12.6. The SMILES string of the molecule is N#Cc1c(-c2ccc(Br)cc2)nn([C@H]2COC[C@@H]2O)c1N. The fraction of sp³-hybridized carbons (Fsp3) is 0.286. The van der Waals surface area contributed by atoms with Crippen molar-refractivity contribution >= 4 is 21.7 Å². The first-order valence-electron chi connectivity index (χ1n) is 6.41. The summed E-state index contributed by atoms with van der Waals surface area (Å²) in [5.74, 6) is 0.255. The molecule has 0 unspecified atom stereocenters.